The molecule has 1 aromatic heterocycles. The van der Waals surface area contributed by atoms with Crippen molar-refractivity contribution in [3.8, 4) is 5.75 Å². The van der Waals surface area contributed by atoms with Gasteiger partial charge in [-0.1, -0.05) is 0 Å². The topological polar surface area (TPSA) is 90.3 Å². The predicted molar refractivity (Wildman–Crippen MR) is 73.1 cm³/mol. The molecular weight excluding hydrogens is 244 g/mol. The lowest BCUT2D eigenvalue weighted by molar-refractivity contribution is 0.415. The molecule has 0 bridgehead atoms. The first-order valence-electron chi connectivity index (χ1n) is 5.81. The minimum atomic E-state index is 0.366. The zero-order valence-corrected chi connectivity index (χ0v) is 10.7. The van der Waals surface area contributed by atoms with Crippen molar-refractivity contribution in [1.29, 1.82) is 0 Å². The summed E-state index contributed by atoms with van der Waals surface area (Å²) < 4.78 is 6.77. The van der Waals surface area contributed by atoms with Crippen LogP contribution in [0.4, 0.5) is 5.69 Å². The zero-order chi connectivity index (χ0) is 13.5. The number of nitrogens with one attached hydrogen (secondary N) is 1. The van der Waals surface area contributed by atoms with Gasteiger partial charge in [0.25, 0.3) is 0 Å². The van der Waals surface area contributed by atoms with Gasteiger partial charge in [-0.3, -0.25) is 9.67 Å². The van der Waals surface area contributed by atoms with Crippen LogP contribution in [-0.4, -0.2) is 34.4 Å². The molecule has 0 atom stereocenters. The SMILES string of the molecule is COc1ccc(NC(N)=NCCn2cncn2)cc1. The van der Waals surface area contributed by atoms with Gasteiger partial charge in [0.1, 0.15) is 18.4 Å². The van der Waals surface area contributed by atoms with Crippen molar-refractivity contribution in [1.82, 2.24) is 14.8 Å². The first kappa shape index (κ1) is 12.9. The van der Waals surface area contributed by atoms with Gasteiger partial charge in [0.15, 0.2) is 5.96 Å². The number of ether oxygens (including phenoxy) is 1. The van der Waals surface area contributed by atoms with E-state index in [4.69, 9.17) is 10.5 Å². The van der Waals surface area contributed by atoms with Crippen LogP contribution in [0.5, 0.6) is 5.75 Å². The quantitative estimate of drug-likeness (QED) is 0.610. The van der Waals surface area contributed by atoms with Gasteiger partial charge in [-0.15, -0.1) is 0 Å². The fourth-order valence-corrected chi connectivity index (χ4v) is 1.48. The summed E-state index contributed by atoms with van der Waals surface area (Å²) in [4.78, 5) is 8.05. The Morgan fingerprint density at radius 1 is 1.42 bits per heavy atom. The lowest BCUT2D eigenvalue weighted by atomic mass is 10.3. The molecule has 19 heavy (non-hydrogen) atoms. The summed E-state index contributed by atoms with van der Waals surface area (Å²) >= 11 is 0. The van der Waals surface area contributed by atoms with Crippen molar-refractivity contribution < 1.29 is 4.74 Å². The number of anilines is 1. The van der Waals surface area contributed by atoms with E-state index >= 15 is 0 Å². The Bertz CT molecular complexity index is 520. The third-order valence-electron chi connectivity index (χ3n) is 2.44. The molecule has 0 amide bonds. The highest BCUT2D eigenvalue weighted by Gasteiger charge is 1.96. The van der Waals surface area contributed by atoms with Crippen molar-refractivity contribution >= 4 is 11.6 Å². The number of rotatable bonds is 5. The van der Waals surface area contributed by atoms with Crippen molar-refractivity contribution in [2.45, 2.75) is 6.54 Å². The lowest BCUT2D eigenvalue weighted by Gasteiger charge is -2.06. The van der Waals surface area contributed by atoms with Crippen molar-refractivity contribution in [2.24, 2.45) is 10.7 Å². The highest BCUT2D eigenvalue weighted by molar-refractivity contribution is 5.92. The van der Waals surface area contributed by atoms with E-state index in [1.807, 2.05) is 24.3 Å². The minimum Gasteiger partial charge on any atom is -0.497 e. The number of hydrogen-bond acceptors (Lipinski definition) is 4. The van der Waals surface area contributed by atoms with Gasteiger partial charge in [0.2, 0.25) is 0 Å². The molecule has 100 valence electrons. The van der Waals surface area contributed by atoms with Crippen LogP contribution < -0.4 is 15.8 Å². The van der Waals surface area contributed by atoms with Crippen LogP contribution in [0.15, 0.2) is 41.9 Å². The fourth-order valence-electron chi connectivity index (χ4n) is 1.48. The smallest absolute Gasteiger partial charge is 0.193 e. The molecular formula is C12H16N6O. The first-order chi connectivity index (χ1) is 9.28. The van der Waals surface area contributed by atoms with Gasteiger partial charge in [0, 0.05) is 5.69 Å². The van der Waals surface area contributed by atoms with E-state index in [1.54, 1.807) is 18.1 Å². The maximum absolute atomic E-state index is 5.78. The molecule has 0 aliphatic heterocycles. The molecule has 3 N–H and O–H groups in total. The molecule has 0 saturated heterocycles. The van der Waals surface area contributed by atoms with Gasteiger partial charge in [-0.2, -0.15) is 5.10 Å². The zero-order valence-electron chi connectivity index (χ0n) is 10.7. The third kappa shape index (κ3) is 3.98. The summed E-state index contributed by atoms with van der Waals surface area (Å²) in [6.07, 6.45) is 3.13. The number of hydrogen-bond donors (Lipinski definition) is 2. The normalized spacial score (nSPS) is 11.3. The summed E-state index contributed by atoms with van der Waals surface area (Å²) in [6.45, 7) is 1.18. The van der Waals surface area contributed by atoms with Crippen LogP contribution >= 0.6 is 0 Å². The van der Waals surface area contributed by atoms with Gasteiger partial charge < -0.3 is 15.8 Å². The summed E-state index contributed by atoms with van der Waals surface area (Å²) in [5.41, 5.74) is 6.64. The number of methoxy groups -OCH3 is 1. The number of benzene rings is 1. The Balaban J connectivity index is 1.83. The molecule has 0 spiro atoms. The second kappa shape index (κ2) is 6.39. The van der Waals surface area contributed by atoms with Crippen LogP contribution in [0.1, 0.15) is 0 Å². The Morgan fingerprint density at radius 3 is 2.84 bits per heavy atom. The van der Waals surface area contributed by atoms with Crippen LogP contribution in [-0.2, 0) is 6.54 Å². The van der Waals surface area contributed by atoms with Crippen LogP contribution in [0, 0.1) is 0 Å². The summed E-state index contributed by atoms with van der Waals surface area (Å²) in [5.74, 6) is 1.16. The molecule has 0 radical (unpaired) electrons. The largest absolute Gasteiger partial charge is 0.497 e. The molecule has 1 aromatic carbocycles. The van der Waals surface area contributed by atoms with Gasteiger partial charge in [0.05, 0.1) is 20.2 Å². The van der Waals surface area contributed by atoms with E-state index in [0.717, 1.165) is 11.4 Å². The Hall–Kier alpha value is -2.57. The molecule has 0 aliphatic rings. The molecule has 7 heteroatoms. The summed E-state index contributed by atoms with van der Waals surface area (Å²) in [6, 6.07) is 7.45. The summed E-state index contributed by atoms with van der Waals surface area (Å²) in [7, 11) is 1.63. The number of nitrogens with zero attached hydrogens (tertiary/aromatic N) is 4. The van der Waals surface area contributed by atoms with E-state index in [-0.39, 0.29) is 0 Å². The van der Waals surface area contributed by atoms with Crippen LogP contribution in [0.2, 0.25) is 0 Å². The Morgan fingerprint density at radius 2 is 2.21 bits per heavy atom. The second-order valence-electron chi connectivity index (χ2n) is 3.78. The molecule has 0 unspecified atom stereocenters. The van der Waals surface area contributed by atoms with Crippen molar-refractivity contribution in [3.63, 3.8) is 0 Å². The van der Waals surface area contributed by atoms with E-state index in [9.17, 15) is 0 Å². The molecule has 1 heterocycles. The molecule has 0 aliphatic carbocycles. The van der Waals surface area contributed by atoms with Gasteiger partial charge in [-0.05, 0) is 24.3 Å². The number of nitrogens with two attached hydrogens (primary N) is 1. The lowest BCUT2D eigenvalue weighted by Crippen LogP contribution is -2.23. The van der Waals surface area contributed by atoms with Crippen LogP contribution in [0.25, 0.3) is 0 Å². The molecule has 2 aromatic rings. The van der Waals surface area contributed by atoms with E-state index in [2.05, 4.69) is 20.4 Å². The average molecular weight is 260 g/mol. The fraction of sp³-hybridized carbons (Fsp3) is 0.250. The molecule has 7 nitrogen and oxygen atoms in total. The summed E-state index contributed by atoms with van der Waals surface area (Å²) in [5, 5.41) is 6.98. The van der Waals surface area contributed by atoms with Crippen molar-refractivity contribution in [2.75, 3.05) is 19.0 Å². The standard InChI is InChI=1S/C12H16N6O/c1-19-11-4-2-10(3-5-11)17-12(13)15-6-7-18-9-14-8-16-18/h2-5,8-9H,6-7H2,1H3,(H3,13,15,17). The number of guanidine groups is 1. The Labute approximate surface area is 111 Å². The molecule has 0 saturated carbocycles. The Kier molecular flexibility index (Phi) is 4.33. The average Bonchev–Trinajstić information content (AvgIpc) is 2.93. The number of aromatic nitrogens is 3. The van der Waals surface area contributed by atoms with E-state index in [0.29, 0.717) is 19.0 Å². The van der Waals surface area contributed by atoms with Gasteiger partial charge in [-0.25, -0.2) is 4.98 Å². The minimum absolute atomic E-state index is 0.366. The predicted octanol–water partition coefficient (Wildman–Crippen LogP) is 0.713. The number of aliphatic imine (C=N–C) groups is 1. The maximum Gasteiger partial charge on any atom is 0.193 e. The maximum atomic E-state index is 5.78. The molecule has 0 fully saturated rings. The van der Waals surface area contributed by atoms with E-state index in [1.165, 1.54) is 6.33 Å². The third-order valence-corrected chi connectivity index (χ3v) is 2.44. The highest BCUT2D eigenvalue weighted by Crippen LogP contribution is 2.14. The van der Waals surface area contributed by atoms with E-state index < -0.39 is 0 Å². The first-order valence-corrected chi connectivity index (χ1v) is 5.81. The van der Waals surface area contributed by atoms with Crippen molar-refractivity contribution in [3.05, 3.63) is 36.9 Å². The van der Waals surface area contributed by atoms with Gasteiger partial charge >= 0.3 is 0 Å². The highest BCUT2D eigenvalue weighted by atomic mass is 16.5. The molecule has 2 rings (SSSR count). The van der Waals surface area contributed by atoms with Crippen LogP contribution in [0.3, 0.4) is 0 Å². The second-order valence-corrected chi connectivity index (χ2v) is 3.78. The monoisotopic (exact) mass is 260 g/mol.